The van der Waals surface area contributed by atoms with Gasteiger partial charge in [-0.1, -0.05) is 38.1 Å². The molecule has 0 aliphatic heterocycles. The number of amides is 1. The van der Waals surface area contributed by atoms with Gasteiger partial charge in [0.25, 0.3) is 5.91 Å². The van der Waals surface area contributed by atoms with Crippen molar-refractivity contribution in [2.24, 2.45) is 0 Å². The molecule has 0 spiro atoms. The summed E-state index contributed by atoms with van der Waals surface area (Å²) in [6.45, 7) is 4.36. The molecule has 3 rings (SSSR count). The number of ether oxygens (including phenoxy) is 1. The molecule has 4 heteroatoms. The van der Waals surface area contributed by atoms with Crippen LogP contribution in [0.2, 0.25) is 0 Å². The third-order valence-corrected chi connectivity index (χ3v) is 4.83. The van der Waals surface area contributed by atoms with E-state index in [1.807, 2.05) is 48.5 Å². The lowest BCUT2D eigenvalue weighted by molar-refractivity contribution is -0.118. The van der Waals surface area contributed by atoms with E-state index in [4.69, 9.17) is 4.74 Å². The van der Waals surface area contributed by atoms with Gasteiger partial charge in [-0.25, -0.2) is 0 Å². The fourth-order valence-corrected chi connectivity index (χ4v) is 2.92. The molecule has 1 aromatic heterocycles. The van der Waals surface area contributed by atoms with Gasteiger partial charge in [-0.05, 0) is 71.8 Å². The molecule has 2 aromatic carbocycles. The maximum absolute atomic E-state index is 12.1. The summed E-state index contributed by atoms with van der Waals surface area (Å²) < 4.78 is 5.59. The van der Waals surface area contributed by atoms with Crippen LogP contribution >= 0.6 is 0 Å². The Labute approximate surface area is 166 Å². The van der Waals surface area contributed by atoms with Crippen LogP contribution in [0, 0.1) is 0 Å². The highest BCUT2D eigenvalue weighted by molar-refractivity contribution is 5.91. The number of benzene rings is 2. The van der Waals surface area contributed by atoms with Crippen molar-refractivity contribution in [2.45, 2.75) is 32.6 Å². The topological polar surface area (TPSA) is 51.2 Å². The van der Waals surface area contributed by atoms with Gasteiger partial charge in [-0.2, -0.15) is 0 Å². The summed E-state index contributed by atoms with van der Waals surface area (Å²) in [7, 11) is 0. The van der Waals surface area contributed by atoms with E-state index < -0.39 is 0 Å². The summed E-state index contributed by atoms with van der Waals surface area (Å²) in [5.41, 5.74) is 4.44. The van der Waals surface area contributed by atoms with E-state index in [0.717, 1.165) is 18.5 Å². The highest BCUT2D eigenvalue weighted by atomic mass is 16.5. The van der Waals surface area contributed by atoms with Crippen LogP contribution in [0.15, 0.2) is 73.1 Å². The largest absolute Gasteiger partial charge is 0.484 e. The van der Waals surface area contributed by atoms with E-state index in [2.05, 4.69) is 36.3 Å². The molecule has 0 aliphatic carbocycles. The molecule has 3 aromatic rings. The third-order valence-electron chi connectivity index (χ3n) is 4.83. The molecular weight excluding hydrogens is 348 g/mol. The fraction of sp³-hybridized carbons (Fsp3) is 0.250. The molecule has 28 heavy (non-hydrogen) atoms. The van der Waals surface area contributed by atoms with Gasteiger partial charge in [-0.15, -0.1) is 0 Å². The molecule has 0 saturated heterocycles. The molecule has 1 atom stereocenters. The fourth-order valence-electron chi connectivity index (χ4n) is 2.92. The smallest absolute Gasteiger partial charge is 0.262 e. The first-order valence-electron chi connectivity index (χ1n) is 9.64. The van der Waals surface area contributed by atoms with Gasteiger partial charge >= 0.3 is 0 Å². The quantitative estimate of drug-likeness (QED) is 0.589. The molecule has 0 radical (unpaired) electrons. The Morgan fingerprint density at radius 1 is 0.964 bits per heavy atom. The number of aromatic nitrogens is 1. The summed E-state index contributed by atoms with van der Waals surface area (Å²) in [5.74, 6) is 1.06. The third kappa shape index (κ3) is 5.68. The Kier molecular flexibility index (Phi) is 6.79. The Hall–Kier alpha value is -3.14. The summed E-state index contributed by atoms with van der Waals surface area (Å²) in [4.78, 5) is 16.2. The maximum atomic E-state index is 12.1. The van der Waals surface area contributed by atoms with E-state index in [9.17, 15) is 4.79 Å². The molecule has 1 amide bonds. The molecular formula is C24H26N2O2. The Balaban J connectivity index is 1.48. The van der Waals surface area contributed by atoms with Crippen LogP contribution in [0.1, 0.15) is 42.9 Å². The van der Waals surface area contributed by atoms with E-state index >= 15 is 0 Å². The standard InChI is InChI=1S/C24H26N2O2/c1-3-18(2)21-6-10-23(11-7-21)28-17-24(27)26-22-8-4-19(5-9-22)16-20-12-14-25-15-13-20/h4-15,18H,3,16-17H2,1-2H3,(H,26,27). The monoisotopic (exact) mass is 374 g/mol. The number of nitrogens with zero attached hydrogens (tertiary/aromatic N) is 1. The number of nitrogens with one attached hydrogen (secondary N) is 1. The summed E-state index contributed by atoms with van der Waals surface area (Å²) in [5, 5.41) is 2.87. The van der Waals surface area contributed by atoms with Crippen molar-refractivity contribution in [1.82, 2.24) is 4.98 Å². The lowest BCUT2D eigenvalue weighted by atomic mass is 9.99. The van der Waals surface area contributed by atoms with Crippen LogP contribution in [0.3, 0.4) is 0 Å². The van der Waals surface area contributed by atoms with Crippen molar-refractivity contribution in [3.8, 4) is 5.75 Å². The average Bonchev–Trinajstić information content (AvgIpc) is 2.74. The first-order chi connectivity index (χ1) is 13.6. The Morgan fingerprint density at radius 3 is 2.25 bits per heavy atom. The number of pyridine rings is 1. The number of hydrogen-bond acceptors (Lipinski definition) is 3. The van der Waals surface area contributed by atoms with E-state index in [1.54, 1.807) is 12.4 Å². The minimum absolute atomic E-state index is 0.0125. The second-order valence-corrected chi connectivity index (χ2v) is 6.94. The van der Waals surface area contributed by atoms with Gasteiger partial charge < -0.3 is 10.1 Å². The highest BCUT2D eigenvalue weighted by Gasteiger charge is 2.06. The van der Waals surface area contributed by atoms with Gasteiger partial charge in [0, 0.05) is 18.1 Å². The van der Waals surface area contributed by atoms with E-state index in [-0.39, 0.29) is 12.5 Å². The van der Waals surface area contributed by atoms with Crippen LogP contribution in [-0.2, 0) is 11.2 Å². The first kappa shape index (κ1) is 19.6. The highest BCUT2D eigenvalue weighted by Crippen LogP contribution is 2.21. The van der Waals surface area contributed by atoms with Crippen molar-refractivity contribution in [2.75, 3.05) is 11.9 Å². The van der Waals surface area contributed by atoms with Crippen LogP contribution in [0.4, 0.5) is 5.69 Å². The van der Waals surface area contributed by atoms with Gasteiger partial charge in [0.05, 0.1) is 0 Å². The van der Waals surface area contributed by atoms with Crippen molar-refractivity contribution in [3.63, 3.8) is 0 Å². The molecule has 0 bridgehead atoms. The van der Waals surface area contributed by atoms with E-state index in [0.29, 0.717) is 11.7 Å². The zero-order chi connectivity index (χ0) is 19.8. The van der Waals surface area contributed by atoms with Crippen LogP contribution in [0.25, 0.3) is 0 Å². The van der Waals surface area contributed by atoms with E-state index in [1.165, 1.54) is 16.7 Å². The van der Waals surface area contributed by atoms with Crippen molar-refractivity contribution in [3.05, 3.63) is 89.7 Å². The maximum Gasteiger partial charge on any atom is 0.262 e. The number of hydrogen-bond donors (Lipinski definition) is 1. The van der Waals surface area contributed by atoms with Crippen LogP contribution < -0.4 is 10.1 Å². The summed E-state index contributed by atoms with van der Waals surface area (Å²) >= 11 is 0. The summed E-state index contributed by atoms with van der Waals surface area (Å²) in [6, 6.07) is 19.8. The molecule has 0 fully saturated rings. The lowest BCUT2D eigenvalue weighted by Gasteiger charge is -2.11. The van der Waals surface area contributed by atoms with Crippen LogP contribution in [0.5, 0.6) is 5.75 Å². The summed E-state index contributed by atoms with van der Waals surface area (Å²) in [6.07, 6.45) is 5.53. The Bertz CT molecular complexity index is 875. The van der Waals surface area contributed by atoms with Gasteiger partial charge in [0.2, 0.25) is 0 Å². The second-order valence-electron chi connectivity index (χ2n) is 6.94. The number of anilines is 1. The number of carbonyl (C=O) groups excluding carboxylic acids is 1. The van der Waals surface area contributed by atoms with Crippen molar-refractivity contribution < 1.29 is 9.53 Å². The predicted molar refractivity (Wildman–Crippen MR) is 113 cm³/mol. The second kappa shape index (κ2) is 9.70. The minimum atomic E-state index is -0.173. The predicted octanol–water partition coefficient (Wildman–Crippen LogP) is 5.20. The van der Waals surface area contributed by atoms with Crippen molar-refractivity contribution in [1.29, 1.82) is 0 Å². The molecule has 0 saturated carbocycles. The minimum Gasteiger partial charge on any atom is -0.484 e. The first-order valence-corrected chi connectivity index (χ1v) is 9.64. The molecule has 144 valence electrons. The van der Waals surface area contributed by atoms with Gasteiger partial charge in [0.15, 0.2) is 6.61 Å². The van der Waals surface area contributed by atoms with Gasteiger partial charge in [0.1, 0.15) is 5.75 Å². The normalized spacial score (nSPS) is 11.6. The van der Waals surface area contributed by atoms with Crippen LogP contribution in [-0.4, -0.2) is 17.5 Å². The zero-order valence-corrected chi connectivity index (χ0v) is 16.4. The average molecular weight is 374 g/mol. The molecule has 1 N–H and O–H groups in total. The lowest BCUT2D eigenvalue weighted by Crippen LogP contribution is -2.20. The molecule has 1 heterocycles. The number of carbonyl (C=O) groups is 1. The molecule has 0 aliphatic rings. The Morgan fingerprint density at radius 2 is 1.61 bits per heavy atom. The molecule has 1 unspecified atom stereocenters. The van der Waals surface area contributed by atoms with Crippen molar-refractivity contribution >= 4 is 11.6 Å². The number of rotatable bonds is 8. The SMILES string of the molecule is CCC(C)c1ccc(OCC(=O)Nc2ccc(Cc3ccncc3)cc2)cc1. The zero-order valence-electron chi connectivity index (χ0n) is 16.4. The molecule has 4 nitrogen and oxygen atoms in total. The van der Waals surface area contributed by atoms with Gasteiger partial charge in [-0.3, -0.25) is 9.78 Å².